The molecule has 0 radical (unpaired) electrons. The standard InChI is InChI=1S/C15H19NOS/c1-11(7-8-16)12-5-6-14(17-2)13(10-12)15-4-3-9-18-15/h3-6,9-11H,7-8,16H2,1-2H3. The van der Waals surface area contributed by atoms with Gasteiger partial charge in [-0.25, -0.2) is 0 Å². The van der Waals surface area contributed by atoms with Crippen LogP contribution in [-0.2, 0) is 0 Å². The Balaban J connectivity index is 2.40. The van der Waals surface area contributed by atoms with Crippen molar-refractivity contribution < 1.29 is 4.74 Å². The van der Waals surface area contributed by atoms with E-state index in [0.717, 1.165) is 18.7 Å². The molecule has 1 aromatic carbocycles. The molecule has 1 unspecified atom stereocenters. The van der Waals surface area contributed by atoms with E-state index in [-0.39, 0.29) is 0 Å². The molecular formula is C15H19NOS. The van der Waals surface area contributed by atoms with Crippen LogP contribution in [0.15, 0.2) is 35.7 Å². The van der Waals surface area contributed by atoms with Crippen molar-refractivity contribution in [1.29, 1.82) is 0 Å². The molecule has 0 amide bonds. The highest BCUT2D eigenvalue weighted by Crippen LogP contribution is 2.35. The van der Waals surface area contributed by atoms with Crippen LogP contribution in [0.5, 0.6) is 5.75 Å². The van der Waals surface area contributed by atoms with Gasteiger partial charge in [-0.2, -0.15) is 0 Å². The first-order chi connectivity index (χ1) is 8.76. The molecule has 1 atom stereocenters. The molecule has 2 N–H and O–H groups in total. The number of ether oxygens (including phenoxy) is 1. The van der Waals surface area contributed by atoms with E-state index in [1.165, 1.54) is 16.0 Å². The van der Waals surface area contributed by atoms with E-state index in [0.29, 0.717) is 5.92 Å². The molecule has 0 spiro atoms. The average molecular weight is 261 g/mol. The maximum Gasteiger partial charge on any atom is 0.127 e. The second kappa shape index (κ2) is 6.03. The molecule has 2 nitrogen and oxygen atoms in total. The third-order valence-corrected chi connectivity index (χ3v) is 4.08. The summed E-state index contributed by atoms with van der Waals surface area (Å²) in [6, 6.07) is 10.6. The number of hydrogen-bond acceptors (Lipinski definition) is 3. The van der Waals surface area contributed by atoms with Crippen LogP contribution in [0.2, 0.25) is 0 Å². The molecule has 3 heteroatoms. The second-order valence-electron chi connectivity index (χ2n) is 4.42. The van der Waals surface area contributed by atoms with Crippen molar-refractivity contribution >= 4 is 11.3 Å². The minimum atomic E-state index is 0.486. The SMILES string of the molecule is COc1ccc(C(C)CCN)cc1-c1cccs1. The van der Waals surface area contributed by atoms with Crippen molar-refractivity contribution in [1.82, 2.24) is 0 Å². The first-order valence-electron chi connectivity index (χ1n) is 6.18. The Labute approximate surface area is 112 Å². The first-order valence-corrected chi connectivity index (χ1v) is 7.06. The van der Waals surface area contributed by atoms with Crippen LogP contribution in [0.3, 0.4) is 0 Å². The highest BCUT2D eigenvalue weighted by Gasteiger charge is 2.11. The lowest BCUT2D eigenvalue weighted by molar-refractivity contribution is 0.416. The highest BCUT2D eigenvalue weighted by atomic mass is 32.1. The first kappa shape index (κ1) is 13.1. The number of methoxy groups -OCH3 is 1. The normalized spacial score (nSPS) is 12.4. The Morgan fingerprint density at radius 3 is 2.78 bits per heavy atom. The zero-order valence-corrected chi connectivity index (χ0v) is 11.7. The van der Waals surface area contributed by atoms with Crippen molar-refractivity contribution in [2.75, 3.05) is 13.7 Å². The van der Waals surface area contributed by atoms with Crippen LogP contribution < -0.4 is 10.5 Å². The Kier molecular flexibility index (Phi) is 4.39. The predicted molar refractivity (Wildman–Crippen MR) is 78.4 cm³/mol. The molecule has 0 aliphatic heterocycles. The van der Waals surface area contributed by atoms with E-state index in [1.54, 1.807) is 18.4 Å². The quantitative estimate of drug-likeness (QED) is 0.886. The largest absolute Gasteiger partial charge is 0.496 e. The van der Waals surface area contributed by atoms with Gasteiger partial charge in [0.25, 0.3) is 0 Å². The number of rotatable bonds is 5. The molecule has 2 rings (SSSR count). The van der Waals surface area contributed by atoms with Crippen molar-refractivity contribution in [3.63, 3.8) is 0 Å². The smallest absolute Gasteiger partial charge is 0.127 e. The summed E-state index contributed by atoms with van der Waals surface area (Å²) < 4.78 is 5.45. The van der Waals surface area contributed by atoms with Gasteiger partial charge in [0.05, 0.1) is 7.11 Å². The molecule has 96 valence electrons. The minimum absolute atomic E-state index is 0.486. The van der Waals surface area contributed by atoms with E-state index in [9.17, 15) is 0 Å². The van der Waals surface area contributed by atoms with Gasteiger partial charge in [-0.1, -0.05) is 19.1 Å². The van der Waals surface area contributed by atoms with E-state index >= 15 is 0 Å². The predicted octanol–water partition coefficient (Wildman–Crippen LogP) is 3.88. The van der Waals surface area contributed by atoms with Gasteiger partial charge in [0, 0.05) is 10.4 Å². The summed E-state index contributed by atoms with van der Waals surface area (Å²) in [5.74, 6) is 1.42. The average Bonchev–Trinajstić information content (AvgIpc) is 2.92. The maximum atomic E-state index is 5.63. The van der Waals surface area contributed by atoms with Gasteiger partial charge in [0.2, 0.25) is 0 Å². The molecule has 0 saturated carbocycles. The monoisotopic (exact) mass is 261 g/mol. The van der Waals surface area contributed by atoms with Gasteiger partial charge in [-0.05, 0) is 48.0 Å². The fourth-order valence-electron chi connectivity index (χ4n) is 2.07. The van der Waals surface area contributed by atoms with Crippen LogP contribution in [0, 0.1) is 0 Å². The van der Waals surface area contributed by atoms with E-state index in [4.69, 9.17) is 10.5 Å². The molecule has 1 aromatic heterocycles. The summed E-state index contributed by atoms with van der Waals surface area (Å²) in [6.07, 6.45) is 1.01. The Morgan fingerprint density at radius 2 is 2.17 bits per heavy atom. The highest BCUT2D eigenvalue weighted by molar-refractivity contribution is 7.13. The second-order valence-corrected chi connectivity index (χ2v) is 5.36. The van der Waals surface area contributed by atoms with Crippen molar-refractivity contribution in [3.05, 3.63) is 41.3 Å². The molecule has 0 saturated heterocycles. The zero-order valence-electron chi connectivity index (χ0n) is 10.8. The number of thiophene rings is 1. The van der Waals surface area contributed by atoms with Gasteiger partial charge in [0.15, 0.2) is 0 Å². The molecule has 0 bridgehead atoms. The van der Waals surface area contributed by atoms with Crippen molar-refractivity contribution in [3.8, 4) is 16.2 Å². The van der Waals surface area contributed by atoms with Gasteiger partial charge in [0.1, 0.15) is 5.75 Å². The summed E-state index contributed by atoms with van der Waals surface area (Å²) in [7, 11) is 1.72. The summed E-state index contributed by atoms with van der Waals surface area (Å²) >= 11 is 1.73. The lowest BCUT2D eigenvalue weighted by Gasteiger charge is -2.14. The van der Waals surface area contributed by atoms with Crippen LogP contribution in [0.4, 0.5) is 0 Å². The number of benzene rings is 1. The molecule has 0 aliphatic rings. The van der Waals surface area contributed by atoms with Crippen LogP contribution in [0.1, 0.15) is 24.8 Å². The van der Waals surface area contributed by atoms with Gasteiger partial charge in [-0.15, -0.1) is 11.3 Å². The third kappa shape index (κ3) is 2.74. The lowest BCUT2D eigenvalue weighted by Crippen LogP contribution is -2.04. The van der Waals surface area contributed by atoms with E-state index in [1.807, 2.05) is 0 Å². The fraction of sp³-hybridized carbons (Fsp3) is 0.333. The Morgan fingerprint density at radius 1 is 1.33 bits per heavy atom. The number of nitrogens with two attached hydrogens (primary N) is 1. The molecule has 18 heavy (non-hydrogen) atoms. The minimum Gasteiger partial charge on any atom is -0.496 e. The summed E-state index contributed by atoms with van der Waals surface area (Å²) in [4.78, 5) is 1.24. The summed E-state index contributed by atoms with van der Waals surface area (Å²) in [6.45, 7) is 2.94. The van der Waals surface area contributed by atoms with E-state index < -0.39 is 0 Å². The maximum absolute atomic E-state index is 5.63. The van der Waals surface area contributed by atoms with Crippen LogP contribution >= 0.6 is 11.3 Å². The Hall–Kier alpha value is -1.32. The fourth-order valence-corrected chi connectivity index (χ4v) is 2.82. The third-order valence-electron chi connectivity index (χ3n) is 3.18. The van der Waals surface area contributed by atoms with Gasteiger partial charge in [-0.3, -0.25) is 0 Å². The molecule has 1 heterocycles. The number of hydrogen-bond donors (Lipinski definition) is 1. The topological polar surface area (TPSA) is 35.2 Å². The zero-order chi connectivity index (χ0) is 13.0. The van der Waals surface area contributed by atoms with Crippen molar-refractivity contribution in [2.45, 2.75) is 19.3 Å². The van der Waals surface area contributed by atoms with Crippen LogP contribution in [-0.4, -0.2) is 13.7 Å². The Bertz CT molecular complexity index is 493. The van der Waals surface area contributed by atoms with Crippen LogP contribution in [0.25, 0.3) is 10.4 Å². The van der Waals surface area contributed by atoms with E-state index in [2.05, 4.69) is 42.6 Å². The summed E-state index contributed by atoms with van der Waals surface area (Å²) in [5, 5.41) is 2.09. The van der Waals surface area contributed by atoms with Gasteiger partial charge < -0.3 is 10.5 Å². The molecular weight excluding hydrogens is 242 g/mol. The molecule has 2 aromatic rings. The summed E-state index contributed by atoms with van der Waals surface area (Å²) in [5.41, 5.74) is 8.13. The molecule has 0 aliphatic carbocycles. The van der Waals surface area contributed by atoms with Crippen molar-refractivity contribution in [2.24, 2.45) is 5.73 Å². The lowest BCUT2D eigenvalue weighted by atomic mass is 9.95. The molecule has 0 fully saturated rings. The van der Waals surface area contributed by atoms with Gasteiger partial charge >= 0.3 is 0 Å².